The van der Waals surface area contributed by atoms with Crippen LogP contribution >= 0.6 is 11.8 Å². The average Bonchev–Trinajstić information content (AvgIpc) is 2.54. The zero-order valence-electron chi connectivity index (χ0n) is 12.7. The summed E-state index contributed by atoms with van der Waals surface area (Å²) >= 11 is 1.34. The first-order valence-corrected chi connectivity index (χ1v) is 7.74. The van der Waals surface area contributed by atoms with E-state index in [1.807, 2.05) is 4.90 Å². The number of rotatable bonds is 6. The molecule has 0 aromatic rings. The Kier molecular flexibility index (Phi) is 5.86. The van der Waals surface area contributed by atoms with Crippen molar-refractivity contribution in [2.75, 3.05) is 39.5 Å². The molecule has 5 heteroatoms. The van der Waals surface area contributed by atoms with Crippen LogP contribution < -0.4 is 0 Å². The lowest BCUT2D eigenvalue weighted by Gasteiger charge is -2.32. The molecule has 0 aromatic heterocycles. The minimum Gasteiger partial charge on any atom is -0.342 e. The van der Waals surface area contributed by atoms with E-state index in [0.29, 0.717) is 12.3 Å². The summed E-state index contributed by atoms with van der Waals surface area (Å²) in [5.74, 6) is 1.34. The van der Waals surface area contributed by atoms with Crippen LogP contribution in [0.2, 0.25) is 0 Å². The fourth-order valence-electron chi connectivity index (χ4n) is 2.78. The van der Waals surface area contributed by atoms with Crippen molar-refractivity contribution in [3.05, 3.63) is 0 Å². The molecule has 1 atom stereocenters. The van der Waals surface area contributed by atoms with Gasteiger partial charge in [-0.3, -0.25) is 9.59 Å². The number of carbonyl (C=O) groups excluding carboxylic acids is 2. The molecule has 0 aromatic carbocycles. The number of amides is 1. The number of carbonyl (C=O) groups is 2. The van der Waals surface area contributed by atoms with Gasteiger partial charge in [0, 0.05) is 38.7 Å². The Labute approximate surface area is 120 Å². The van der Waals surface area contributed by atoms with E-state index < -0.39 is 0 Å². The third-order valence-electron chi connectivity index (χ3n) is 3.18. The Balaban J connectivity index is 2.47. The molecular formula is C14H26N2O2S. The maximum absolute atomic E-state index is 12.0. The van der Waals surface area contributed by atoms with E-state index >= 15 is 0 Å². The standard InChI is InChI=1S/C14H26N2O2S/c1-11(17)19-8-12-6-13(18)16(7-12)10-14(2,3)9-15(4)5/h12H,6-10H2,1-5H3. The van der Waals surface area contributed by atoms with Gasteiger partial charge in [-0.2, -0.15) is 0 Å². The molecule has 110 valence electrons. The largest absolute Gasteiger partial charge is 0.342 e. The summed E-state index contributed by atoms with van der Waals surface area (Å²) in [5.41, 5.74) is 0.0990. The van der Waals surface area contributed by atoms with Crippen molar-refractivity contribution < 1.29 is 9.59 Å². The first-order valence-electron chi connectivity index (χ1n) is 6.75. The fraction of sp³-hybridized carbons (Fsp3) is 0.857. The summed E-state index contributed by atoms with van der Waals surface area (Å²) in [6.07, 6.45) is 0.596. The first kappa shape index (κ1) is 16.5. The second kappa shape index (κ2) is 6.75. The van der Waals surface area contributed by atoms with Gasteiger partial charge in [0.25, 0.3) is 0 Å². The van der Waals surface area contributed by atoms with Crippen molar-refractivity contribution in [1.82, 2.24) is 9.80 Å². The highest BCUT2D eigenvalue weighted by molar-refractivity contribution is 8.13. The van der Waals surface area contributed by atoms with Crippen molar-refractivity contribution in [1.29, 1.82) is 0 Å². The van der Waals surface area contributed by atoms with Crippen molar-refractivity contribution in [2.45, 2.75) is 27.2 Å². The predicted molar refractivity (Wildman–Crippen MR) is 80.2 cm³/mol. The van der Waals surface area contributed by atoms with Gasteiger partial charge in [0.15, 0.2) is 5.12 Å². The Morgan fingerprint density at radius 3 is 2.63 bits per heavy atom. The number of likely N-dealkylation sites (tertiary alicyclic amines) is 1. The second-order valence-electron chi connectivity index (χ2n) is 6.55. The molecule has 0 radical (unpaired) electrons. The van der Waals surface area contributed by atoms with Crippen LogP contribution in [0.5, 0.6) is 0 Å². The van der Waals surface area contributed by atoms with E-state index in [1.54, 1.807) is 6.92 Å². The Bertz CT molecular complexity index is 342. The molecule has 1 aliphatic rings. The second-order valence-corrected chi connectivity index (χ2v) is 7.75. The molecule has 1 saturated heterocycles. The third kappa shape index (κ3) is 5.95. The average molecular weight is 286 g/mol. The molecule has 0 saturated carbocycles. The van der Waals surface area contributed by atoms with E-state index in [0.717, 1.165) is 25.4 Å². The molecule has 0 aliphatic carbocycles. The van der Waals surface area contributed by atoms with Gasteiger partial charge in [0.1, 0.15) is 0 Å². The summed E-state index contributed by atoms with van der Waals surface area (Å²) in [5, 5.41) is 0.138. The lowest BCUT2D eigenvalue weighted by atomic mass is 9.92. The molecule has 1 amide bonds. The lowest BCUT2D eigenvalue weighted by molar-refractivity contribution is -0.129. The highest BCUT2D eigenvalue weighted by Gasteiger charge is 2.33. The van der Waals surface area contributed by atoms with Crippen LogP contribution in [0.25, 0.3) is 0 Å². The maximum atomic E-state index is 12.0. The minimum absolute atomic E-state index is 0.0990. The zero-order chi connectivity index (χ0) is 14.6. The van der Waals surface area contributed by atoms with Crippen molar-refractivity contribution in [3.63, 3.8) is 0 Å². The molecule has 1 rings (SSSR count). The van der Waals surface area contributed by atoms with Crippen LogP contribution in [0.1, 0.15) is 27.2 Å². The molecule has 4 nitrogen and oxygen atoms in total. The van der Waals surface area contributed by atoms with Gasteiger partial charge < -0.3 is 9.80 Å². The van der Waals surface area contributed by atoms with E-state index in [9.17, 15) is 9.59 Å². The van der Waals surface area contributed by atoms with E-state index in [4.69, 9.17) is 0 Å². The number of hydrogen-bond acceptors (Lipinski definition) is 4. The highest BCUT2D eigenvalue weighted by atomic mass is 32.2. The number of thioether (sulfide) groups is 1. The summed E-state index contributed by atoms with van der Waals surface area (Å²) in [4.78, 5) is 27.1. The van der Waals surface area contributed by atoms with Gasteiger partial charge in [-0.05, 0) is 25.4 Å². The lowest BCUT2D eigenvalue weighted by Crippen LogP contribution is -2.41. The Hall–Kier alpha value is -0.550. The summed E-state index contributed by atoms with van der Waals surface area (Å²) < 4.78 is 0. The molecule has 19 heavy (non-hydrogen) atoms. The summed E-state index contributed by atoms with van der Waals surface area (Å²) in [6.45, 7) is 8.53. The predicted octanol–water partition coefficient (Wildman–Crippen LogP) is 1.70. The monoisotopic (exact) mass is 286 g/mol. The summed E-state index contributed by atoms with van der Waals surface area (Å²) in [6, 6.07) is 0. The zero-order valence-corrected chi connectivity index (χ0v) is 13.5. The molecule has 1 heterocycles. The number of hydrogen-bond donors (Lipinski definition) is 0. The van der Waals surface area contributed by atoms with Crippen LogP contribution in [0, 0.1) is 11.3 Å². The van der Waals surface area contributed by atoms with E-state index in [1.165, 1.54) is 11.8 Å². The van der Waals surface area contributed by atoms with E-state index in [2.05, 4.69) is 32.8 Å². The van der Waals surface area contributed by atoms with Gasteiger partial charge in [0.2, 0.25) is 5.91 Å². The molecule has 0 spiro atoms. The van der Waals surface area contributed by atoms with Gasteiger partial charge in [-0.25, -0.2) is 0 Å². The first-order chi connectivity index (χ1) is 8.69. The quantitative estimate of drug-likeness (QED) is 0.745. The van der Waals surface area contributed by atoms with Gasteiger partial charge in [-0.1, -0.05) is 25.6 Å². The van der Waals surface area contributed by atoms with Crippen LogP contribution in [0.4, 0.5) is 0 Å². The van der Waals surface area contributed by atoms with Crippen LogP contribution in [-0.4, -0.2) is 60.3 Å². The van der Waals surface area contributed by atoms with Crippen molar-refractivity contribution >= 4 is 22.8 Å². The Morgan fingerprint density at radius 2 is 2.11 bits per heavy atom. The van der Waals surface area contributed by atoms with Crippen LogP contribution in [-0.2, 0) is 9.59 Å². The normalized spacial score (nSPS) is 20.4. The fourth-order valence-corrected chi connectivity index (χ4v) is 3.47. The summed E-state index contributed by atoms with van der Waals surface area (Å²) in [7, 11) is 4.11. The molecule has 0 N–H and O–H groups in total. The molecule has 1 fully saturated rings. The Morgan fingerprint density at radius 1 is 1.47 bits per heavy atom. The van der Waals surface area contributed by atoms with Gasteiger partial charge in [-0.15, -0.1) is 0 Å². The molecule has 1 unspecified atom stereocenters. The number of nitrogens with zero attached hydrogens (tertiary/aromatic N) is 2. The third-order valence-corrected chi connectivity index (χ3v) is 4.22. The SMILES string of the molecule is CC(=O)SCC1CC(=O)N(CC(C)(C)CN(C)C)C1. The van der Waals surface area contributed by atoms with Crippen molar-refractivity contribution in [2.24, 2.45) is 11.3 Å². The molecule has 0 bridgehead atoms. The van der Waals surface area contributed by atoms with Crippen LogP contribution in [0.15, 0.2) is 0 Å². The maximum Gasteiger partial charge on any atom is 0.222 e. The van der Waals surface area contributed by atoms with Gasteiger partial charge in [0.05, 0.1) is 0 Å². The van der Waals surface area contributed by atoms with E-state index in [-0.39, 0.29) is 16.4 Å². The molecular weight excluding hydrogens is 260 g/mol. The smallest absolute Gasteiger partial charge is 0.222 e. The van der Waals surface area contributed by atoms with Crippen LogP contribution in [0.3, 0.4) is 0 Å². The molecule has 1 aliphatic heterocycles. The highest BCUT2D eigenvalue weighted by Crippen LogP contribution is 2.26. The van der Waals surface area contributed by atoms with Gasteiger partial charge >= 0.3 is 0 Å². The van der Waals surface area contributed by atoms with Crippen molar-refractivity contribution in [3.8, 4) is 0 Å². The minimum atomic E-state index is 0.0990. The topological polar surface area (TPSA) is 40.6 Å².